The van der Waals surface area contributed by atoms with E-state index in [1.807, 2.05) is 51.1 Å². The summed E-state index contributed by atoms with van der Waals surface area (Å²) in [4.78, 5) is 29.7. The van der Waals surface area contributed by atoms with Crippen LogP contribution in [0.1, 0.15) is 38.3 Å². The molecule has 0 fully saturated rings. The summed E-state index contributed by atoms with van der Waals surface area (Å²) in [6.45, 7) is 5.01. The largest absolute Gasteiger partial charge is 0.494 e. The van der Waals surface area contributed by atoms with Gasteiger partial charge in [0, 0.05) is 30.6 Å². The van der Waals surface area contributed by atoms with Crippen molar-refractivity contribution < 1.29 is 36.6 Å². The first-order valence-corrected chi connectivity index (χ1v) is 17.8. The molecule has 0 aliphatic rings. The molecule has 0 bridgehead atoms. The van der Waals surface area contributed by atoms with Crippen LogP contribution in [0.15, 0.2) is 102 Å². The first-order valence-electron chi connectivity index (χ1n) is 16.4. The molecule has 0 aliphatic heterocycles. The first-order chi connectivity index (χ1) is 24.0. The summed E-state index contributed by atoms with van der Waals surface area (Å²) in [7, 11) is -1.62. The van der Waals surface area contributed by atoms with Crippen LogP contribution in [0.5, 0.6) is 17.2 Å². The highest BCUT2D eigenvalue weighted by Gasteiger charge is 2.35. The molecule has 0 radical (unpaired) electrons. The maximum atomic E-state index is 15.2. The van der Waals surface area contributed by atoms with Crippen LogP contribution in [0.2, 0.25) is 0 Å². The molecule has 0 saturated heterocycles. The first kappa shape index (κ1) is 37.7. The minimum Gasteiger partial charge on any atom is -0.494 e. The van der Waals surface area contributed by atoms with Crippen LogP contribution >= 0.6 is 0 Å². The van der Waals surface area contributed by atoms with Gasteiger partial charge in [-0.25, -0.2) is 12.8 Å². The number of hydrogen-bond donors (Lipinski definition) is 1. The number of carbonyl (C=O) groups excluding carboxylic acids is 2. The monoisotopic (exact) mass is 705 g/mol. The Morgan fingerprint density at radius 3 is 2.14 bits per heavy atom. The summed E-state index contributed by atoms with van der Waals surface area (Å²) in [6.07, 6.45) is 0.745. The molecule has 0 aromatic heterocycles. The fourth-order valence-electron chi connectivity index (χ4n) is 5.31. The second-order valence-corrected chi connectivity index (χ2v) is 13.5. The molecule has 0 aliphatic carbocycles. The smallest absolute Gasteiger partial charge is 0.264 e. The molecule has 12 heteroatoms. The van der Waals surface area contributed by atoms with Gasteiger partial charge in [-0.2, -0.15) is 0 Å². The molecular weight excluding hydrogens is 661 g/mol. The van der Waals surface area contributed by atoms with Crippen molar-refractivity contribution in [2.45, 2.75) is 57.1 Å². The fourth-order valence-corrected chi connectivity index (χ4v) is 6.74. The summed E-state index contributed by atoms with van der Waals surface area (Å²) in [6, 6.07) is 24.2. The van der Waals surface area contributed by atoms with Crippen LogP contribution in [0.3, 0.4) is 0 Å². The number of ether oxygens (including phenoxy) is 3. The lowest BCUT2D eigenvalue weighted by atomic mass is 10.0. The lowest BCUT2D eigenvalue weighted by Crippen LogP contribution is -2.54. The molecule has 10 nitrogen and oxygen atoms in total. The molecule has 0 saturated carbocycles. The number of rotatable bonds is 17. The van der Waals surface area contributed by atoms with E-state index in [0.717, 1.165) is 9.87 Å². The molecule has 2 atom stereocenters. The predicted octanol–water partition coefficient (Wildman–Crippen LogP) is 5.99. The lowest BCUT2D eigenvalue weighted by Gasteiger charge is -2.34. The standard InChI is InChI=1S/C38H44FN3O7S/c1-6-27(3)40-38(44)34(23-28-13-9-8-10-14-28)41(25-29-15-11-12-16-33(29)39)37(43)26-42(30-17-19-31(20-18-30)49-7-2)50(45,46)32-21-22-35(47-4)36(24-32)48-5/h8-22,24,27,34H,6-7,23,25-26H2,1-5H3,(H,40,44)/t27-,34+/m0/s1. The Hall–Kier alpha value is -5.10. The van der Waals surface area contributed by atoms with Gasteiger partial charge in [0.05, 0.1) is 31.4 Å². The van der Waals surface area contributed by atoms with Crippen molar-refractivity contribution in [3.05, 3.63) is 114 Å². The third kappa shape index (κ3) is 9.32. The van der Waals surface area contributed by atoms with Gasteiger partial charge < -0.3 is 24.4 Å². The number of halogens is 1. The zero-order chi connectivity index (χ0) is 36.3. The molecule has 0 spiro atoms. The van der Waals surface area contributed by atoms with Crippen molar-refractivity contribution in [1.82, 2.24) is 10.2 Å². The van der Waals surface area contributed by atoms with Gasteiger partial charge >= 0.3 is 0 Å². The number of carbonyl (C=O) groups is 2. The number of benzene rings is 4. The third-order valence-corrected chi connectivity index (χ3v) is 10.00. The van der Waals surface area contributed by atoms with Crippen molar-refractivity contribution in [2.24, 2.45) is 0 Å². The minimum atomic E-state index is -4.44. The number of anilines is 1. The summed E-state index contributed by atoms with van der Waals surface area (Å²) >= 11 is 0. The van der Waals surface area contributed by atoms with Crippen molar-refractivity contribution in [3.8, 4) is 17.2 Å². The van der Waals surface area contributed by atoms with E-state index in [2.05, 4.69) is 5.32 Å². The zero-order valence-corrected chi connectivity index (χ0v) is 29.8. The molecule has 2 amide bonds. The second kappa shape index (κ2) is 17.5. The third-order valence-electron chi connectivity index (χ3n) is 8.23. The Morgan fingerprint density at radius 2 is 1.52 bits per heavy atom. The van der Waals surface area contributed by atoms with E-state index in [4.69, 9.17) is 14.2 Å². The van der Waals surface area contributed by atoms with Crippen molar-refractivity contribution in [3.63, 3.8) is 0 Å². The Morgan fingerprint density at radius 1 is 0.860 bits per heavy atom. The van der Waals surface area contributed by atoms with E-state index in [1.165, 1.54) is 67.7 Å². The fraction of sp³-hybridized carbons (Fsp3) is 0.316. The lowest BCUT2D eigenvalue weighted by molar-refractivity contribution is -0.140. The van der Waals surface area contributed by atoms with E-state index in [1.54, 1.807) is 18.2 Å². The number of sulfonamides is 1. The van der Waals surface area contributed by atoms with Crippen LogP contribution in [0.4, 0.5) is 10.1 Å². The van der Waals surface area contributed by atoms with Crippen LogP contribution in [0, 0.1) is 5.82 Å². The van der Waals surface area contributed by atoms with Gasteiger partial charge in [0.15, 0.2) is 11.5 Å². The Balaban J connectivity index is 1.85. The summed E-state index contributed by atoms with van der Waals surface area (Å²) in [5, 5.41) is 2.97. The normalized spacial score (nSPS) is 12.4. The van der Waals surface area contributed by atoms with Crippen molar-refractivity contribution >= 4 is 27.5 Å². The summed E-state index contributed by atoms with van der Waals surface area (Å²) in [5.41, 5.74) is 1.11. The van der Waals surface area contributed by atoms with Gasteiger partial charge in [0.25, 0.3) is 10.0 Å². The quantitative estimate of drug-likeness (QED) is 0.144. The molecule has 1 N–H and O–H groups in total. The average Bonchev–Trinajstić information content (AvgIpc) is 3.13. The zero-order valence-electron chi connectivity index (χ0n) is 29.0. The van der Waals surface area contributed by atoms with E-state index < -0.39 is 40.2 Å². The average molecular weight is 706 g/mol. The van der Waals surface area contributed by atoms with Crippen molar-refractivity contribution in [1.29, 1.82) is 0 Å². The Bertz CT molecular complexity index is 1840. The van der Waals surface area contributed by atoms with E-state index in [0.29, 0.717) is 24.5 Å². The Kier molecular flexibility index (Phi) is 13.2. The SMILES string of the molecule is CCOc1ccc(N(CC(=O)N(Cc2ccccc2F)[C@H](Cc2ccccc2)C(=O)N[C@@H](C)CC)S(=O)(=O)c2ccc(OC)c(OC)c2)cc1. The number of amides is 2. The maximum absolute atomic E-state index is 15.2. The number of nitrogens with zero attached hydrogens (tertiary/aromatic N) is 2. The predicted molar refractivity (Wildman–Crippen MR) is 190 cm³/mol. The second-order valence-electron chi connectivity index (χ2n) is 11.6. The van der Waals surface area contributed by atoms with Gasteiger partial charge in [-0.1, -0.05) is 55.5 Å². The molecule has 4 rings (SSSR count). The van der Waals surface area contributed by atoms with Gasteiger partial charge in [-0.05, 0) is 68.3 Å². The van der Waals surface area contributed by atoms with Gasteiger partial charge in [0.1, 0.15) is 24.2 Å². The topological polar surface area (TPSA) is 114 Å². The highest BCUT2D eigenvalue weighted by molar-refractivity contribution is 7.92. The molecular formula is C38H44FN3O7S. The number of methoxy groups -OCH3 is 2. The number of nitrogens with one attached hydrogen (secondary N) is 1. The highest BCUT2D eigenvalue weighted by Crippen LogP contribution is 2.33. The van der Waals surface area contributed by atoms with Crippen LogP contribution in [-0.4, -0.2) is 64.6 Å². The molecule has 0 unspecified atom stereocenters. The van der Waals surface area contributed by atoms with Crippen LogP contribution in [0.25, 0.3) is 0 Å². The number of hydrogen-bond acceptors (Lipinski definition) is 7. The molecule has 266 valence electrons. The van der Waals surface area contributed by atoms with E-state index in [-0.39, 0.29) is 40.9 Å². The summed E-state index contributed by atoms with van der Waals surface area (Å²) in [5.74, 6) is -0.710. The van der Waals surface area contributed by atoms with E-state index in [9.17, 15) is 18.0 Å². The molecule has 50 heavy (non-hydrogen) atoms. The molecule has 4 aromatic carbocycles. The van der Waals surface area contributed by atoms with Gasteiger partial charge in [-0.15, -0.1) is 0 Å². The maximum Gasteiger partial charge on any atom is 0.264 e. The van der Waals surface area contributed by atoms with E-state index >= 15 is 4.39 Å². The van der Waals surface area contributed by atoms with Crippen LogP contribution < -0.4 is 23.8 Å². The van der Waals surface area contributed by atoms with Gasteiger partial charge in [-0.3, -0.25) is 13.9 Å². The van der Waals surface area contributed by atoms with Gasteiger partial charge in [0.2, 0.25) is 11.8 Å². The minimum absolute atomic E-state index is 0.106. The molecule has 4 aromatic rings. The summed E-state index contributed by atoms with van der Waals surface area (Å²) < 4.78 is 61.3. The Labute approximate surface area is 293 Å². The molecule has 0 heterocycles. The van der Waals surface area contributed by atoms with Crippen molar-refractivity contribution in [2.75, 3.05) is 31.7 Å². The highest BCUT2D eigenvalue weighted by atomic mass is 32.2. The van der Waals surface area contributed by atoms with Crippen LogP contribution in [-0.2, 0) is 32.6 Å².